The number of nitrogens with two attached hydrogens (primary N) is 1. The van der Waals surface area contributed by atoms with Gasteiger partial charge in [0.05, 0.1) is 7.11 Å². The van der Waals surface area contributed by atoms with Crippen LogP contribution in [-0.2, 0) is 5.75 Å². The number of aromatic nitrogens is 3. The van der Waals surface area contributed by atoms with E-state index in [0.29, 0.717) is 21.8 Å². The van der Waals surface area contributed by atoms with Gasteiger partial charge in [0.1, 0.15) is 11.6 Å². The highest BCUT2D eigenvalue weighted by atomic mass is 35.5. The fourth-order valence-electron chi connectivity index (χ4n) is 2.09. The largest absolute Gasteiger partial charge is 0.497 e. The molecular formula is C16H14ClFN4OS. The Morgan fingerprint density at radius 2 is 1.96 bits per heavy atom. The molecule has 0 unspecified atom stereocenters. The van der Waals surface area contributed by atoms with Crippen molar-refractivity contribution in [2.24, 2.45) is 0 Å². The van der Waals surface area contributed by atoms with Crippen LogP contribution in [0.25, 0.3) is 11.4 Å². The van der Waals surface area contributed by atoms with Crippen LogP contribution < -0.4 is 10.6 Å². The summed E-state index contributed by atoms with van der Waals surface area (Å²) in [6.45, 7) is 0. The number of nitrogens with zero attached hydrogens (tertiary/aromatic N) is 3. The predicted molar refractivity (Wildman–Crippen MR) is 93.1 cm³/mol. The number of benzene rings is 2. The monoisotopic (exact) mass is 364 g/mol. The second-order valence-corrected chi connectivity index (χ2v) is 6.28. The molecule has 1 aromatic heterocycles. The molecule has 0 saturated heterocycles. The zero-order valence-electron chi connectivity index (χ0n) is 12.7. The van der Waals surface area contributed by atoms with Gasteiger partial charge in [-0.15, -0.1) is 10.2 Å². The fraction of sp³-hybridized carbons (Fsp3) is 0.125. The zero-order valence-corrected chi connectivity index (χ0v) is 14.3. The number of nitrogen functional groups attached to an aromatic ring is 1. The maximum Gasteiger partial charge on any atom is 0.210 e. The Bertz CT molecular complexity index is 854. The molecule has 2 aromatic carbocycles. The molecule has 8 heteroatoms. The molecule has 0 radical (unpaired) electrons. The standard InChI is InChI=1S/C16H14ClFN4OS/c1-23-13-6-3-10(4-7-13)15-20-21-16(22(15)19)24-9-11-2-5-12(18)8-14(11)17/h2-8H,9,19H2,1H3. The first-order valence-electron chi connectivity index (χ1n) is 7.00. The molecule has 0 atom stereocenters. The Morgan fingerprint density at radius 1 is 1.21 bits per heavy atom. The van der Waals surface area contributed by atoms with Crippen molar-refractivity contribution in [2.45, 2.75) is 10.9 Å². The normalized spacial score (nSPS) is 10.8. The predicted octanol–water partition coefficient (Wildman–Crippen LogP) is 3.75. The molecule has 5 nitrogen and oxygen atoms in total. The van der Waals surface area contributed by atoms with Crippen molar-refractivity contribution in [3.05, 3.63) is 58.9 Å². The van der Waals surface area contributed by atoms with E-state index >= 15 is 0 Å². The highest BCUT2D eigenvalue weighted by molar-refractivity contribution is 7.98. The van der Waals surface area contributed by atoms with Gasteiger partial charge in [-0.05, 0) is 42.0 Å². The topological polar surface area (TPSA) is 66.0 Å². The molecule has 0 saturated carbocycles. The highest BCUT2D eigenvalue weighted by Crippen LogP contribution is 2.28. The average molecular weight is 365 g/mol. The molecule has 3 aromatic rings. The van der Waals surface area contributed by atoms with E-state index in [9.17, 15) is 4.39 Å². The van der Waals surface area contributed by atoms with Gasteiger partial charge in [-0.1, -0.05) is 29.4 Å². The lowest BCUT2D eigenvalue weighted by molar-refractivity contribution is 0.415. The van der Waals surface area contributed by atoms with Crippen molar-refractivity contribution in [3.63, 3.8) is 0 Å². The van der Waals surface area contributed by atoms with Crippen LogP contribution in [0.2, 0.25) is 5.02 Å². The molecule has 24 heavy (non-hydrogen) atoms. The summed E-state index contributed by atoms with van der Waals surface area (Å²) in [5, 5.41) is 9.14. The van der Waals surface area contributed by atoms with E-state index in [1.165, 1.54) is 28.6 Å². The van der Waals surface area contributed by atoms with Crippen LogP contribution in [0.1, 0.15) is 5.56 Å². The number of hydrogen-bond donors (Lipinski definition) is 1. The minimum atomic E-state index is -0.363. The van der Waals surface area contributed by atoms with Crippen molar-refractivity contribution < 1.29 is 9.13 Å². The number of methoxy groups -OCH3 is 1. The molecule has 1 heterocycles. The van der Waals surface area contributed by atoms with Gasteiger partial charge in [0.2, 0.25) is 5.16 Å². The maximum atomic E-state index is 13.1. The third-order valence-corrected chi connectivity index (χ3v) is 4.73. The van der Waals surface area contributed by atoms with E-state index in [4.69, 9.17) is 22.2 Å². The fourth-order valence-corrected chi connectivity index (χ4v) is 3.27. The van der Waals surface area contributed by atoms with Crippen LogP contribution in [0.4, 0.5) is 4.39 Å². The Kier molecular flexibility index (Phi) is 4.92. The minimum absolute atomic E-state index is 0.363. The summed E-state index contributed by atoms with van der Waals surface area (Å²) >= 11 is 7.40. The van der Waals surface area contributed by atoms with Gasteiger partial charge >= 0.3 is 0 Å². The summed E-state index contributed by atoms with van der Waals surface area (Å²) in [6.07, 6.45) is 0. The van der Waals surface area contributed by atoms with Gasteiger partial charge in [0.15, 0.2) is 5.82 Å². The Balaban J connectivity index is 1.77. The first kappa shape index (κ1) is 16.6. The SMILES string of the molecule is COc1ccc(-c2nnc(SCc3ccc(F)cc3Cl)n2N)cc1. The third kappa shape index (κ3) is 3.47. The van der Waals surface area contributed by atoms with Crippen LogP contribution in [-0.4, -0.2) is 22.0 Å². The van der Waals surface area contributed by atoms with Gasteiger partial charge in [-0.25, -0.2) is 9.07 Å². The zero-order chi connectivity index (χ0) is 17.1. The van der Waals surface area contributed by atoms with Crippen LogP contribution in [0.5, 0.6) is 5.75 Å². The molecule has 0 bridgehead atoms. The molecule has 0 aliphatic rings. The van der Waals surface area contributed by atoms with Crippen molar-refractivity contribution in [1.82, 2.24) is 14.9 Å². The van der Waals surface area contributed by atoms with Crippen LogP contribution >= 0.6 is 23.4 Å². The summed E-state index contributed by atoms with van der Waals surface area (Å²) in [5.41, 5.74) is 1.63. The first-order chi connectivity index (χ1) is 11.6. The Hall–Kier alpha value is -2.25. The minimum Gasteiger partial charge on any atom is -0.497 e. The average Bonchev–Trinajstić information content (AvgIpc) is 2.95. The van der Waals surface area contributed by atoms with Gasteiger partial charge in [-0.3, -0.25) is 0 Å². The van der Waals surface area contributed by atoms with E-state index in [2.05, 4.69) is 10.2 Å². The van der Waals surface area contributed by atoms with E-state index < -0.39 is 0 Å². The number of thioether (sulfide) groups is 1. The molecule has 3 rings (SSSR count). The molecule has 124 valence electrons. The van der Waals surface area contributed by atoms with Gasteiger partial charge in [0, 0.05) is 16.3 Å². The van der Waals surface area contributed by atoms with Crippen LogP contribution in [0.3, 0.4) is 0 Å². The Morgan fingerprint density at radius 3 is 2.62 bits per heavy atom. The number of rotatable bonds is 5. The molecule has 0 fully saturated rings. The summed E-state index contributed by atoms with van der Waals surface area (Å²) in [6, 6.07) is 11.7. The molecule has 0 aliphatic heterocycles. The van der Waals surface area contributed by atoms with E-state index in [1.807, 2.05) is 24.3 Å². The first-order valence-corrected chi connectivity index (χ1v) is 8.36. The summed E-state index contributed by atoms with van der Waals surface area (Å²) in [7, 11) is 1.61. The quantitative estimate of drug-likeness (QED) is 0.551. The Labute approximate surface area is 147 Å². The summed E-state index contributed by atoms with van der Waals surface area (Å²) in [4.78, 5) is 0. The highest BCUT2D eigenvalue weighted by Gasteiger charge is 2.13. The summed E-state index contributed by atoms with van der Waals surface area (Å²) < 4.78 is 19.6. The molecule has 0 amide bonds. The lowest BCUT2D eigenvalue weighted by atomic mass is 10.2. The maximum absolute atomic E-state index is 13.1. The third-order valence-electron chi connectivity index (χ3n) is 3.38. The summed E-state index contributed by atoms with van der Waals surface area (Å²) in [5.74, 6) is 7.53. The number of hydrogen-bond acceptors (Lipinski definition) is 5. The van der Waals surface area contributed by atoms with Crippen molar-refractivity contribution in [2.75, 3.05) is 13.0 Å². The lowest BCUT2D eigenvalue weighted by Crippen LogP contribution is -2.11. The van der Waals surface area contributed by atoms with E-state index in [1.54, 1.807) is 13.2 Å². The lowest BCUT2D eigenvalue weighted by Gasteiger charge is -2.06. The smallest absolute Gasteiger partial charge is 0.210 e. The van der Waals surface area contributed by atoms with Crippen molar-refractivity contribution in [1.29, 1.82) is 0 Å². The van der Waals surface area contributed by atoms with Crippen molar-refractivity contribution in [3.8, 4) is 17.1 Å². The van der Waals surface area contributed by atoms with Gasteiger partial charge in [0.25, 0.3) is 0 Å². The molecule has 2 N–H and O–H groups in total. The van der Waals surface area contributed by atoms with Gasteiger partial charge in [-0.2, -0.15) is 0 Å². The van der Waals surface area contributed by atoms with Crippen molar-refractivity contribution >= 4 is 23.4 Å². The number of halogens is 2. The van der Waals surface area contributed by atoms with Crippen LogP contribution in [0.15, 0.2) is 47.6 Å². The van der Waals surface area contributed by atoms with Crippen LogP contribution in [0, 0.1) is 5.82 Å². The molecular weight excluding hydrogens is 351 g/mol. The number of ether oxygens (including phenoxy) is 1. The second kappa shape index (κ2) is 7.11. The molecule has 0 aliphatic carbocycles. The van der Waals surface area contributed by atoms with E-state index in [-0.39, 0.29) is 5.82 Å². The van der Waals surface area contributed by atoms with E-state index in [0.717, 1.165) is 16.9 Å². The van der Waals surface area contributed by atoms with Gasteiger partial charge < -0.3 is 10.6 Å². The second-order valence-electron chi connectivity index (χ2n) is 4.93. The molecule has 0 spiro atoms.